The first-order chi connectivity index (χ1) is 20.0. The van der Waals surface area contributed by atoms with Crippen molar-refractivity contribution < 1.29 is 42.7 Å². The van der Waals surface area contributed by atoms with Crippen molar-refractivity contribution in [3.63, 3.8) is 0 Å². The maximum atomic E-state index is 12.7. The average molecular weight is 635 g/mol. The Kier molecular flexibility index (Phi) is 9.46. The topological polar surface area (TPSA) is 178 Å². The van der Waals surface area contributed by atoms with Gasteiger partial charge in [0.1, 0.15) is 23.3 Å². The van der Waals surface area contributed by atoms with Gasteiger partial charge in [-0.1, -0.05) is 72.8 Å². The number of hydrogen-bond donors (Lipinski definition) is 4. The van der Waals surface area contributed by atoms with Crippen LogP contribution in [0.4, 0.5) is 0 Å². The fraction of sp³-hybridized carbons (Fsp3) is 0.259. The molecule has 1 aliphatic heterocycles. The largest absolute Gasteiger partial charge is 0.479 e. The molecule has 4 N–H and O–H groups in total. The van der Waals surface area contributed by atoms with Gasteiger partial charge in [-0.3, -0.25) is 13.7 Å². The van der Waals surface area contributed by atoms with Crippen LogP contribution >= 0.6 is 27.2 Å². The van der Waals surface area contributed by atoms with Crippen molar-refractivity contribution in [2.45, 2.75) is 41.5 Å². The van der Waals surface area contributed by atoms with Crippen molar-refractivity contribution in [3.8, 4) is 0 Å². The van der Waals surface area contributed by atoms with Gasteiger partial charge >= 0.3 is 21.1 Å². The van der Waals surface area contributed by atoms with Crippen molar-refractivity contribution in [1.29, 1.82) is 0 Å². The number of rotatable bonds is 11. The van der Waals surface area contributed by atoms with Crippen molar-refractivity contribution in [2.24, 2.45) is 0 Å². The molecule has 1 aliphatic rings. The van der Waals surface area contributed by atoms with E-state index in [0.717, 1.165) is 15.5 Å². The van der Waals surface area contributed by atoms with Crippen molar-refractivity contribution >= 4 is 38.0 Å². The quantitative estimate of drug-likeness (QED) is 0.107. The molecule has 4 aromatic rings. The number of thioether (sulfide) groups is 1. The van der Waals surface area contributed by atoms with Crippen LogP contribution in [0, 0.1) is 0 Å². The number of phosphoric acid groups is 1. The van der Waals surface area contributed by atoms with Crippen LogP contribution in [0.5, 0.6) is 0 Å². The van der Waals surface area contributed by atoms with E-state index in [1.165, 1.54) is 18.0 Å². The van der Waals surface area contributed by atoms with Gasteiger partial charge in [-0.15, -0.1) is 11.8 Å². The molecule has 0 aliphatic carbocycles. The molecule has 6 atom stereocenters. The minimum Gasteiger partial charge on any atom is -0.387 e. The van der Waals surface area contributed by atoms with Crippen LogP contribution in [0.25, 0.3) is 10.8 Å². The molecule has 2 heterocycles. The molecule has 1 aromatic heterocycles. The Labute approximate surface area is 244 Å². The standard InChI is InChI=1S/C27H28N2O10P2S/c30-24-22(15-37-41(35,36)39-40(33,34)16-20-11-6-10-19-9-4-5-12-21(19)20)38-26(25(24)31)29-14-13-23(28-27(29)32)42-17-18-7-2-1-3-8-18/h1-14,22,24-26,30-31H,15-17H2,(H,33,34)(H,35,36)/t22-,24-,25-,26-/m1/s1. The maximum Gasteiger partial charge on any atom is 0.479 e. The van der Waals surface area contributed by atoms with Gasteiger partial charge in [0, 0.05) is 11.9 Å². The second-order valence-electron chi connectivity index (χ2n) is 9.56. The molecule has 0 bridgehead atoms. The summed E-state index contributed by atoms with van der Waals surface area (Å²) in [7, 11) is -9.79. The number of aliphatic hydroxyl groups is 2. The van der Waals surface area contributed by atoms with Crippen LogP contribution in [-0.2, 0) is 34.6 Å². The van der Waals surface area contributed by atoms with E-state index < -0.39 is 58.4 Å². The van der Waals surface area contributed by atoms with E-state index in [1.54, 1.807) is 30.3 Å². The Hall–Kier alpha value is -2.67. The highest BCUT2D eigenvalue weighted by Crippen LogP contribution is 2.61. The van der Waals surface area contributed by atoms with Crippen LogP contribution in [0.3, 0.4) is 0 Å². The van der Waals surface area contributed by atoms with Crippen molar-refractivity contribution in [1.82, 2.24) is 9.55 Å². The highest BCUT2D eigenvalue weighted by atomic mass is 32.2. The third-order valence-corrected chi connectivity index (χ3v) is 10.6. The lowest BCUT2D eigenvalue weighted by Gasteiger charge is -2.20. The summed E-state index contributed by atoms with van der Waals surface area (Å²) in [5, 5.41) is 22.9. The van der Waals surface area contributed by atoms with Gasteiger partial charge in [-0.25, -0.2) is 13.7 Å². The van der Waals surface area contributed by atoms with Crippen LogP contribution in [0.1, 0.15) is 17.4 Å². The van der Waals surface area contributed by atoms with E-state index in [2.05, 4.69) is 9.29 Å². The number of hydrogen-bond acceptors (Lipinski definition) is 10. The number of aromatic nitrogens is 2. The molecule has 1 saturated heterocycles. The molecular formula is C27H28N2O10P2S. The minimum absolute atomic E-state index is 0.433. The fourth-order valence-electron chi connectivity index (χ4n) is 4.53. The molecule has 0 spiro atoms. The predicted octanol–water partition coefficient (Wildman–Crippen LogP) is 3.83. The fourth-order valence-corrected chi connectivity index (χ4v) is 8.08. The lowest BCUT2D eigenvalue weighted by Crippen LogP contribution is -2.36. The third kappa shape index (κ3) is 7.45. The molecule has 5 rings (SSSR count). The lowest BCUT2D eigenvalue weighted by molar-refractivity contribution is -0.0542. The van der Waals surface area contributed by atoms with Gasteiger partial charge in [0.05, 0.1) is 12.8 Å². The zero-order valence-electron chi connectivity index (χ0n) is 21.9. The van der Waals surface area contributed by atoms with E-state index in [0.29, 0.717) is 21.7 Å². The Balaban J connectivity index is 1.19. The van der Waals surface area contributed by atoms with Crippen LogP contribution in [0.2, 0.25) is 0 Å². The normalized spacial score (nSPS) is 23.4. The smallest absolute Gasteiger partial charge is 0.387 e. The highest BCUT2D eigenvalue weighted by Gasteiger charge is 2.46. The predicted molar refractivity (Wildman–Crippen MR) is 155 cm³/mol. The highest BCUT2D eigenvalue weighted by molar-refractivity contribution is 7.98. The molecule has 15 heteroatoms. The molecule has 1 fully saturated rings. The van der Waals surface area contributed by atoms with Gasteiger partial charge in [0.25, 0.3) is 0 Å². The molecule has 0 saturated carbocycles. The summed E-state index contributed by atoms with van der Waals surface area (Å²) in [6.45, 7) is -0.788. The number of nitrogens with zero attached hydrogens (tertiary/aromatic N) is 2. The molecule has 12 nitrogen and oxygen atoms in total. The number of aliphatic hydroxyl groups excluding tert-OH is 2. The minimum atomic E-state index is -5.12. The van der Waals surface area contributed by atoms with Crippen LogP contribution in [-0.4, -0.2) is 54.5 Å². The maximum absolute atomic E-state index is 12.7. The van der Waals surface area contributed by atoms with Crippen LogP contribution in [0.15, 0.2) is 94.9 Å². The summed E-state index contributed by atoms with van der Waals surface area (Å²) < 4.78 is 41.3. The molecule has 0 amide bonds. The van der Waals surface area contributed by atoms with Crippen LogP contribution < -0.4 is 5.69 Å². The summed E-state index contributed by atoms with van der Waals surface area (Å²) in [5.74, 6) is 0.587. The summed E-state index contributed by atoms with van der Waals surface area (Å²) in [6.07, 6.45) is -5.15. The summed E-state index contributed by atoms with van der Waals surface area (Å²) in [4.78, 5) is 37.2. The summed E-state index contributed by atoms with van der Waals surface area (Å²) in [5.41, 5.74) is 0.741. The van der Waals surface area contributed by atoms with Gasteiger partial charge < -0.3 is 24.7 Å². The molecule has 2 unspecified atom stereocenters. The molecular weight excluding hydrogens is 606 g/mol. The first kappa shape index (κ1) is 30.8. The summed E-state index contributed by atoms with van der Waals surface area (Å²) >= 11 is 1.34. The number of ether oxygens (including phenoxy) is 1. The summed E-state index contributed by atoms with van der Waals surface area (Å²) in [6, 6.07) is 23.4. The Morgan fingerprint density at radius 3 is 2.40 bits per heavy atom. The molecule has 0 radical (unpaired) electrons. The second-order valence-corrected chi connectivity index (χ2v) is 14.0. The Morgan fingerprint density at radius 2 is 1.64 bits per heavy atom. The van der Waals surface area contributed by atoms with Gasteiger partial charge in [0.2, 0.25) is 0 Å². The van der Waals surface area contributed by atoms with Gasteiger partial charge in [-0.2, -0.15) is 4.98 Å². The van der Waals surface area contributed by atoms with Gasteiger partial charge in [-0.05, 0) is 28.0 Å². The molecule has 3 aromatic carbocycles. The zero-order chi connectivity index (χ0) is 29.9. The van der Waals surface area contributed by atoms with Crippen molar-refractivity contribution in [2.75, 3.05) is 6.61 Å². The third-order valence-electron chi connectivity index (χ3n) is 6.53. The first-order valence-electron chi connectivity index (χ1n) is 12.8. The number of benzene rings is 3. The average Bonchev–Trinajstić information content (AvgIpc) is 3.24. The van der Waals surface area contributed by atoms with E-state index in [1.807, 2.05) is 48.5 Å². The Morgan fingerprint density at radius 1 is 0.929 bits per heavy atom. The molecule has 222 valence electrons. The zero-order valence-corrected chi connectivity index (χ0v) is 24.6. The van der Waals surface area contributed by atoms with E-state index in [4.69, 9.17) is 9.26 Å². The number of phosphoric ester groups is 1. The lowest BCUT2D eigenvalue weighted by atomic mass is 10.1. The second kappa shape index (κ2) is 12.9. The van der Waals surface area contributed by atoms with Crippen molar-refractivity contribution in [3.05, 3.63) is 107 Å². The van der Waals surface area contributed by atoms with E-state index in [9.17, 15) is 33.9 Å². The monoisotopic (exact) mass is 634 g/mol. The Bertz CT molecular complexity index is 1700. The van der Waals surface area contributed by atoms with Gasteiger partial charge in [0.15, 0.2) is 6.23 Å². The first-order valence-corrected chi connectivity index (χ1v) is 17.0. The SMILES string of the molecule is O=c1nc(SCc2ccccc2)ccn1[C@@H]1O[C@H](COP(=O)(O)OP(=O)(O)Cc2cccc3ccccc23)[C@@H](O)[C@H]1O. The van der Waals surface area contributed by atoms with E-state index >= 15 is 0 Å². The molecule has 42 heavy (non-hydrogen) atoms. The number of fused-ring (bicyclic) bond motifs is 1. The van der Waals surface area contributed by atoms with E-state index in [-0.39, 0.29) is 0 Å².